The van der Waals surface area contributed by atoms with Crippen molar-refractivity contribution < 1.29 is 9.59 Å². The number of rotatable bonds is 8. The standard InChI is InChI=1S/C18H23N3O2S/c1-13(2)21-17(23)12-19-16(22)11-20-18(15-9-6-10-24-15)14-7-4-3-5-8-14/h3-10,13,18,20H,11-12H2,1-2H3,(H,19,22)(H,21,23)/t18-/m1/s1. The van der Waals surface area contributed by atoms with E-state index in [9.17, 15) is 9.59 Å². The fourth-order valence-corrected chi connectivity index (χ4v) is 3.12. The van der Waals surface area contributed by atoms with Crippen LogP contribution in [0.4, 0.5) is 0 Å². The van der Waals surface area contributed by atoms with Gasteiger partial charge in [0, 0.05) is 10.9 Å². The molecule has 0 aliphatic rings. The van der Waals surface area contributed by atoms with Crippen molar-refractivity contribution in [1.29, 1.82) is 0 Å². The SMILES string of the molecule is CC(C)NC(=O)CNC(=O)CN[C@H](c1ccccc1)c1cccs1. The van der Waals surface area contributed by atoms with Crippen molar-refractivity contribution in [2.45, 2.75) is 25.9 Å². The van der Waals surface area contributed by atoms with Crippen molar-refractivity contribution in [2.24, 2.45) is 0 Å². The van der Waals surface area contributed by atoms with Gasteiger partial charge in [0.05, 0.1) is 19.1 Å². The first kappa shape index (κ1) is 18.2. The maximum Gasteiger partial charge on any atom is 0.239 e. The molecule has 0 saturated carbocycles. The van der Waals surface area contributed by atoms with E-state index in [1.54, 1.807) is 11.3 Å². The topological polar surface area (TPSA) is 70.2 Å². The molecule has 6 heteroatoms. The molecule has 0 aliphatic carbocycles. The van der Waals surface area contributed by atoms with Crippen molar-refractivity contribution in [1.82, 2.24) is 16.0 Å². The van der Waals surface area contributed by atoms with E-state index >= 15 is 0 Å². The van der Waals surface area contributed by atoms with Crippen LogP contribution < -0.4 is 16.0 Å². The monoisotopic (exact) mass is 345 g/mol. The Morgan fingerprint density at radius 3 is 2.38 bits per heavy atom. The summed E-state index contributed by atoms with van der Waals surface area (Å²) in [5, 5.41) is 10.7. The number of amides is 2. The second-order valence-corrected chi connectivity index (χ2v) is 6.72. The number of carbonyl (C=O) groups excluding carboxylic acids is 2. The summed E-state index contributed by atoms with van der Waals surface area (Å²) in [6.45, 7) is 3.90. The number of nitrogens with one attached hydrogen (secondary N) is 3. The zero-order chi connectivity index (χ0) is 17.4. The highest BCUT2D eigenvalue weighted by atomic mass is 32.1. The molecule has 0 aliphatic heterocycles. The van der Waals surface area contributed by atoms with Crippen LogP contribution in [0.25, 0.3) is 0 Å². The van der Waals surface area contributed by atoms with Crippen LogP contribution in [0, 0.1) is 0 Å². The Balaban J connectivity index is 1.89. The van der Waals surface area contributed by atoms with E-state index in [2.05, 4.69) is 16.0 Å². The Kier molecular flexibility index (Phi) is 6.96. The number of hydrogen-bond donors (Lipinski definition) is 3. The summed E-state index contributed by atoms with van der Waals surface area (Å²) in [5.74, 6) is -0.386. The molecule has 1 aromatic heterocycles. The average Bonchev–Trinajstić information content (AvgIpc) is 3.08. The second kappa shape index (κ2) is 9.20. The Bertz CT molecular complexity index is 642. The molecule has 0 unspecified atom stereocenters. The molecule has 128 valence electrons. The lowest BCUT2D eigenvalue weighted by Gasteiger charge is -2.18. The Morgan fingerprint density at radius 1 is 1.00 bits per heavy atom. The van der Waals surface area contributed by atoms with Gasteiger partial charge in [-0.25, -0.2) is 0 Å². The van der Waals surface area contributed by atoms with Crippen molar-refractivity contribution in [2.75, 3.05) is 13.1 Å². The quantitative estimate of drug-likeness (QED) is 0.686. The predicted molar refractivity (Wildman–Crippen MR) is 96.9 cm³/mol. The van der Waals surface area contributed by atoms with Crippen molar-refractivity contribution in [3.8, 4) is 0 Å². The van der Waals surface area contributed by atoms with Crippen molar-refractivity contribution >= 4 is 23.2 Å². The zero-order valence-corrected chi connectivity index (χ0v) is 14.7. The minimum atomic E-state index is -0.202. The molecule has 1 aromatic carbocycles. The van der Waals surface area contributed by atoms with Crippen LogP contribution in [0.1, 0.15) is 30.3 Å². The lowest BCUT2D eigenvalue weighted by molar-refractivity contribution is -0.125. The first-order valence-corrected chi connectivity index (χ1v) is 8.82. The molecule has 0 radical (unpaired) electrons. The van der Waals surface area contributed by atoms with Gasteiger partial charge in [0.25, 0.3) is 0 Å². The van der Waals surface area contributed by atoms with Gasteiger partial charge >= 0.3 is 0 Å². The maximum atomic E-state index is 12.0. The van der Waals surface area contributed by atoms with Gasteiger partial charge in [-0.2, -0.15) is 0 Å². The van der Waals surface area contributed by atoms with E-state index in [0.29, 0.717) is 0 Å². The summed E-state index contributed by atoms with van der Waals surface area (Å²) >= 11 is 1.64. The lowest BCUT2D eigenvalue weighted by Crippen LogP contribution is -2.43. The molecule has 2 aromatic rings. The summed E-state index contributed by atoms with van der Waals surface area (Å²) < 4.78 is 0. The Morgan fingerprint density at radius 2 is 1.75 bits per heavy atom. The summed E-state index contributed by atoms with van der Waals surface area (Å²) in [6, 6.07) is 14.1. The highest BCUT2D eigenvalue weighted by Gasteiger charge is 2.16. The third-order valence-corrected chi connectivity index (χ3v) is 4.26. The van der Waals surface area contributed by atoms with E-state index in [1.165, 1.54) is 0 Å². The molecule has 0 spiro atoms. The zero-order valence-electron chi connectivity index (χ0n) is 13.9. The van der Waals surface area contributed by atoms with Gasteiger partial charge in [-0.1, -0.05) is 36.4 Å². The third kappa shape index (κ3) is 5.79. The van der Waals surface area contributed by atoms with Gasteiger partial charge in [-0.15, -0.1) is 11.3 Å². The summed E-state index contributed by atoms with van der Waals surface area (Å²) in [6.07, 6.45) is 0. The number of carbonyl (C=O) groups is 2. The van der Waals surface area contributed by atoms with Gasteiger partial charge in [-0.3, -0.25) is 14.9 Å². The van der Waals surface area contributed by atoms with Crippen LogP contribution >= 0.6 is 11.3 Å². The molecule has 0 fully saturated rings. The Hall–Kier alpha value is -2.18. The van der Waals surface area contributed by atoms with Gasteiger partial charge in [0.15, 0.2) is 0 Å². The molecular formula is C18H23N3O2S. The number of benzene rings is 1. The Labute approximate surface area is 146 Å². The van der Waals surface area contributed by atoms with Gasteiger partial charge in [0.2, 0.25) is 11.8 Å². The molecule has 2 rings (SSSR count). The first-order valence-electron chi connectivity index (χ1n) is 7.94. The normalized spacial score (nSPS) is 12.0. The average molecular weight is 345 g/mol. The highest BCUT2D eigenvalue weighted by molar-refractivity contribution is 7.10. The molecule has 2 amide bonds. The van der Waals surface area contributed by atoms with Crippen molar-refractivity contribution in [3.05, 3.63) is 58.3 Å². The molecule has 1 atom stereocenters. The van der Waals surface area contributed by atoms with E-state index in [4.69, 9.17) is 0 Å². The summed E-state index contributed by atoms with van der Waals surface area (Å²) in [7, 11) is 0. The van der Waals surface area contributed by atoms with Gasteiger partial charge in [0.1, 0.15) is 0 Å². The third-order valence-electron chi connectivity index (χ3n) is 3.32. The molecule has 0 saturated heterocycles. The predicted octanol–water partition coefficient (Wildman–Crippen LogP) is 2.07. The second-order valence-electron chi connectivity index (χ2n) is 5.74. The minimum absolute atomic E-state index is 0.00625. The molecule has 3 N–H and O–H groups in total. The lowest BCUT2D eigenvalue weighted by atomic mass is 10.1. The van der Waals surface area contributed by atoms with Crippen LogP contribution in [0.15, 0.2) is 47.8 Å². The summed E-state index contributed by atoms with van der Waals surface area (Å²) in [5.41, 5.74) is 1.10. The fraction of sp³-hybridized carbons (Fsp3) is 0.333. The molecule has 5 nitrogen and oxygen atoms in total. The molecule has 1 heterocycles. The van der Waals surface area contributed by atoms with Crippen LogP contribution in [0.5, 0.6) is 0 Å². The smallest absolute Gasteiger partial charge is 0.239 e. The number of hydrogen-bond acceptors (Lipinski definition) is 4. The van der Waals surface area contributed by atoms with E-state index < -0.39 is 0 Å². The first-order chi connectivity index (χ1) is 11.6. The molecule has 0 bridgehead atoms. The van der Waals surface area contributed by atoms with Crippen molar-refractivity contribution in [3.63, 3.8) is 0 Å². The highest BCUT2D eigenvalue weighted by Crippen LogP contribution is 2.25. The van der Waals surface area contributed by atoms with Gasteiger partial charge in [-0.05, 0) is 30.9 Å². The van der Waals surface area contributed by atoms with E-state index in [1.807, 2.05) is 61.7 Å². The van der Waals surface area contributed by atoms with Crippen LogP contribution in [-0.2, 0) is 9.59 Å². The summed E-state index contributed by atoms with van der Waals surface area (Å²) in [4.78, 5) is 24.7. The van der Waals surface area contributed by atoms with E-state index in [0.717, 1.165) is 10.4 Å². The van der Waals surface area contributed by atoms with Crippen LogP contribution in [0.2, 0.25) is 0 Å². The van der Waals surface area contributed by atoms with Crippen LogP contribution in [0.3, 0.4) is 0 Å². The van der Waals surface area contributed by atoms with Gasteiger partial charge < -0.3 is 10.6 Å². The fourth-order valence-electron chi connectivity index (χ4n) is 2.29. The number of thiophene rings is 1. The van der Waals surface area contributed by atoms with E-state index in [-0.39, 0.29) is 37.0 Å². The van der Waals surface area contributed by atoms with Crippen LogP contribution in [-0.4, -0.2) is 30.9 Å². The molecular weight excluding hydrogens is 322 g/mol. The largest absolute Gasteiger partial charge is 0.352 e. The molecule has 24 heavy (non-hydrogen) atoms. The minimum Gasteiger partial charge on any atom is -0.352 e. The maximum absolute atomic E-state index is 12.0.